The maximum absolute atomic E-state index is 12.2. The molecule has 1 aliphatic heterocycles. The summed E-state index contributed by atoms with van der Waals surface area (Å²) in [6.45, 7) is 14.7. The van der Waals surface area contributed by atoms with E-state index in [1.54, 1.807) is 0 Å². The van der Waals surface area contributed by atoms with Crippen LogP contribution < -0.4 is 5.32 Å². The predicted octanol–water partition coefficient (Wildman–Crippen LogP) is 3.19. The molecule has 0 bridgehead atoms. The molecular formula is C16H32N2O. The Labute approximate surface area is 119 Å². The topological polar surface area (TPSA) is 32.3 Å². The predicted molar refractivity (Wildman–Crippen MR) is 81.2 cm³/mol. The minimum Gasteiger partial charge on any atom is -0.350 e. The third-order valence-corrected chi connectivity index (χ3v) is 3.74. The second-order valence-corrected chi connectivity index (χ2v) is 7.98. The van der Waals surface area contributed by atoms with E-state index in [0.717, 1.165) is 13.0 Å². The summed E-state index contributed by atoms with van der Waals surface area (Å²) in [6, 6.07) is 0.547. The summed E-state index contributed by atoms with van der Waals surface area (Å²) in [5.74, 6) is 0.169. The normalized spacial score (nSPS) is 22.3. The first-order valence-electron chi connectivity index (χ1n) is 7.64. The van der Waals surface area contributed by atoms with Crippen molar-refractivity contribution < 1.29 is 4.79 Å². The number of hydrogen-bond acceptors (Lipinski definition) is 2. The quantitative estimate of drug-likeness (QED) is 0.849. The maximum atomic E-state index is 12.2. The monoisotopic (exact) mass is 268 g/mol. The fourth-order valence-corrected chi connectivity index (χ4v) is 3.36. The molecule has 19 heavy (non-hydrogen) atoms. The minimum absolute atomic E-state index is 0.131. The Hall–Kier alpha value is -0.570. The van der Waals surface area contributed by atoms with Gasteiger partial charge in [0.15, 0.2) is 0 Å². The van der Waals surface area contributed by atoms with Gasteiger partial charge in [-0.05, 0) is 52.0 Å². The number of rotatable bonds is 4. The van der Waals surface area contributed by atoms with Gasteiger partial charge in [0.05, 0.1) is 6.54 Å². The van der Waals surface area contributed by atoms with Gasteiger partial charge in [-0.15, -0.1) is 0 Å². The van der Waals surface area contributed by atoms with Crippen molar-refractivity contribution >= 4 is 5.91 Å². The highest BCUT2D eigenvalue weighted by atomic mass is 16.2. The standard InChI is InChI=1S/C16H32N2O/c1-13-9-7-8-10-18(13)11-14(19)17-16(5,6)12-15(2,3)4/h13H,7-12H2,1-6H3,(H,17,19). The number of nitrogens with zero attached hydrogens (tertiary/aromatic N) is 1. The molecule has 0 saturated carbocycles. The molecule has 0 aromatic rings. The number of amides is 1. The summed E-state index contributed by atoms with van der Waals surface area (Å²) in [6.07, 6.45) is 4.73. The van der Waals surface area contributed by atoms with Crippen molar-refractivity contribution in [3.63, 3.8) is 0 Å². The van der Waals surface area contributed by atoms with Gasteiger partial charge in [-0.1, -0.05) is 27.2 Å². The Morgan fingerprint density at radius 1 is 1.21 bits per heavy atom. The molecule has 1 N–H and O–H groups in total. The lowest BCUT2D eigenvalue weighted by Crippen LogP contribution is -2.51. The van der Waals surface area contributed by atoms with Gasteiger partial charge < -0.3 is 5.32 Å². The molecule has 1 fully saturated rings. The highest BCUT2D eigenvalue weighted by Crippen LogP contribution is 2.26. The summed E-state index contributed by atoms with van der Waals surface area (Å²) in [5, 5.41) is 3.20. The van der Waals surface area contributed by atoms with Crippen molar-refractivity contribution in [1.82, 2.24) is 10.2 Å². The number of nitrogens with one attached hydrogen (secondary N) is 1. The molecule has 0 aromatic heterocycles. The van der Waals surface area contributed by atoms with Crippen LogP contribution in [0.25, 0.3) is 0 Å². The molecular weight excluding hydrogens is 236 g/mol. The Morgan fingerprint density at radius 2 is 1.84 bits per heavy atom. The lowest BCUT2D eigenvalue weighted by atomic mass is 9.82. The second-order valence-electron chi connectivity index (χ2n) is 7.98. The average molecular weight is 268 g/mol. The SMILES string of the molecule is CC1CCCCN1CC(=O)NC(C)(C)CC(C)(C)C. The van der Waals surface area contributed by atoms with E-state index in [9.17, 15) is 4.79 Å². The smallest absolute Gasteiger partial charge is 0.234 e. The van der Waals surface area contributed by atoms with E-state index in [-0.39, 0.29) is 16.9 Å². The minimum atomic E-state index is -0.131. The van der Waals surface area contributed by atoms with Crippen molar-refractivity contribution in [2.45, 2.75) is 78.8 Å². The highest BCUT2D eigenvalue weighted by molar-refractivity contribution is 5.78. The van der Waals surface area contributed by atoms with Crippen molar-refractivity contribution in [2.24, 2.45) is 5.41 Å². The highest BCUT2D eigenvalue weighted by Gasteiger charge is 2.28. The Bertz CT molecular complexity index is 304. The lowest BCUT2D eigenvalue weighted by molar-refractivity contribution is -0.125. The van der Waals surface area contributed by atoms with Crippen molar-refractivity contribution in [1.29, 1.82) is 0 Å². The third kappa shape index (κ3) is 6.42. The lowest BCUT2D eigenvalue weighted by Gasteiger charge is -2.36. The third-order valence-electron chi connectivity index (χ3n) is 3.74. The van der Waals surface area contributed by atoms with Gasteiger partial charge in [0.2, 0.25) is 5.91 Å². The van der Waals surface area contributed by atoms with Gasteiger partial charge >= 0.3 is 0 Å². The Kier molecular flexibility index (Phi) is 5.43. The Balaban J connectivity index is 2.45. The molecule has 1 amide bonds. The van der Waals surface area contributed by atoms with E-state index in [2.05, 4.69) is 51.8 Å². The van der Waals surface area contributed by atoms with Crippen molar-refractivity contribution in [2.75, 3.05) is 13.1 Å². The largest absolute Gasteiger partial charge is 0.350 e. The first-order chi connectivity index (χ1) is 8.59. The van der Waals surface area contributed by atoms with E-state index in [1.807, 2.05) is 0 Å². The van der Waals surface area contributed by atoms with Gasteiger partial charge in [0.25, 0.3) is 0 Å². The molecule has 0 aromatic carbocycles. The summed E-state index contributed by atoms with van der Waals surface area (Å²) in [7, 11) is 0. The van der Waals surface area contributed by atoms with E-state index < -0.39 is 0 Å². The van der Waals surface area contributed by atoms with Crippen molar-refractivity contribution in [3.05, 3.63) is 0 Å². The number of hydrogen-bond donors (Lipinski definition) is 1. The molecule has 1 unspecified atom stereocenters. The zero-order valence-electron chi connectivity index (χ0n) is 13.7. The van der Waals surface area contributed by atoms with E-state index in [0.29, 0.717) is 12.6 Å². The van der Waals surface area contributed by atoms with Crippen LogP contribution in [0.1, 0.15) is 67.2 Å². The second kappa shape index (κ2) is 6.25. The molecule has 3 heteroatoms. The van der Waals surface area contributed by atoms with Crippen LogP contribution in [0.5, 0.6) is 0 Å². The summed E-state index contributed by atoms with van der Waals surface area (Å²) < 4.78 is 0. The van der Waals surface area contributed by atoms with Crippen LogP contribution in [-0.2, 0) is 4.79 Å². The van der Waals surface area contributed by atoms with E-state index in [1.165, 1.54) is 19.3 Å². The van der Waals surface area contributed by atoms with Crippen molar-refractivity contribution in [3.8, 4) is 0 Å². The van der Waals surface area contributed by atoms with E-state index in [4.69, 9.17) is 0 Å². The Morgan fingerprint density at radius 3 is 2.37 bits per heavy atom. The van der Waals surface area contributed by atoms with Crippen LogP contribution in [0, 0.1) is 5.41 Å². The molecule has 1 aliphatic rings. The molecule has 112 valence electrons. The molecule has 1 atom stereocenters. The fourth-order valence-electron chi connectivity index (χ4n) is 3.36. The number of carbonyl (C=O) groups excluding carboxylic acids is 1. The van der Waals surface area contributed by atoms with Crippen LogP contribution in [0.15, 0.2) is 0 Å². The number of carbonyl (C=O) groups is 1. The van der Waals surface area contributed by atoms with Gasteiger partial charge in [-0.3, -0.25) is 9.69 Å². The first-order valence-corrected chi connectivity index (χ1v) is 7.64. The molecule has 0 aliphatic carbocycles. The zero-order valence-corrected chi connectivity index (χ0v) is 13.7. The molecule has 1 saturated heterocycles. The summed E-state index contributed by atoms with van der Waals surface area (Å²) in [4.78, 5) is 14.5. The van der Waals surface area contributed by atoms with Gasteiger partial charge in [0, 0.05) is 11.6 Å². The van der Waals surface area contributed by atoms with Gasteiger partial charge in [-0.25, -0.2) is 0 Å². The van der Waals surface area contributed by atoms with Crippen LogP contribution >= 0.6 is 0 Å². The van der Waals surface area contributed by atoms with Crippen LogP contribution in [0.4, 0.5) is 0 Å². The van der Waals surface area contributed by atoms with Gasteiger partial charge in [-0.2, -0.15) is 0 Å². The molecule has 0 spiro atoms. The fraction of sp³-hybridized carbons (Fsp3) is 0.938. The summed E-state index contributed by atoms with van der Waals surface area (Å²) in [5.41, 5.74) is 0.101. The number of likely N-dealkylation sites (tertiary alicyclic amines) is 1. The molecule has 0 radical (unpaired) electrons. The molecule has 1 rings (SSSR count). The first kappa shape index (κ1) is 16.5. The van der Waals surface area contributed by atoms with Crippen LogP contribution in [0.3, 0.4) is 0 Å². The van der Waals surface area contributed by atoms with Crippen LogP contribution in [-0.4, -0.2) is 35.5 Å². The summed E-state index contributed by atoms with van der Waals surface area (Å²) >= 11 is 0. The van der Waals surface area contributed by atoms with E-state index >= 15 is 0 Å². The zero-order chi connectivity index (χ0) is 14.7. The molecule has 3 nitrogen and oxygen atoms in total. The molecule has 1 heterocycles. The van der Waals surface area contributed by atoms with Gasteiger partial charge in [0.1, 0.15) is 0 Å². The average Bonchev–Trinajstić information content (AvgIpc) is 2.16. The maximum Gasteiger partial charge on any atom is 0.234 e. The van der Waals surface area contributed by atoms with Crippen LogP contribution in [0.2, 0.25) is 0 Å². The number of piperidine rings is 1.